The third kappa shape index (κ3) is 3.45. The van der Waals surface area contributed by atoms with Crippen molar-refractivity contribution in [1.82, 2.24) is 15.6 Å². The Bertz CT molecular complexity index is 959. The van der Waals surface area contributed by atoms with Crippen LogP contribution in [0.15, 0.2) is 51.6 Å². The SMILES string of the molecule is CC1=CCN=C(Nc2cccc(-c3cnc(N4CCNC(=O)C4(C)C)o3)c2)N1. The highest BCUT2D eigenvalue weighted by molar-refractivity contribution is 5.95. The van der Waals surface area contributed by atoms with E-state index < -0.39 is 5.54 Å². The van der Waals surface area contributed by atoms with Gasteiger partial charge in [-0.05, 0) is 39.0 Å². The number of piperazine rings is 1. The van der Waals surface area contributed by atoms with Crippen molar-refractivity contribution in [3.05, 3.63) is 42.2 Å². The molecule has 1 saturated heterocycles. The second-order valence-electron chi connectivity index (χ2n) is 7.38. The summed E-state index contributed by atoms with van der Waals surface area (Å²) in [7, 11) is 0. The van der Waals surface area contributed by atoms with Crippen LogP contribution in [0, 0.1) is 0 Å². The van der Waals surface area contributed by atoms with Crippen LogP contribution >= 0.6 is 0 Å². The number of hydrogen-bond acceptors (Lipinski definition) is 7. The lowest BCUT2D eigenvalue weighted by molar-refractivity contribution is -0.126. The van der Waals surface area contributed by atoms with Gasteiger partial charge in [-0.1, -0.05) is 12.1 Å². The molecule has 4 rings (SSSR count). The second kappa shape index (κ2) is 7.03. The zero-order valence-corrected chi connectivity index (χ0v) is 16.2. The predicted molar refractivity (Wildman–Crippen MR) is 109 cm³/mol. The lowest BCUT2D eigenvalue weighted by Crippen LogP contribution is -2.62. The number of nitrogens with one attached hydrogen (secondary N) is 3. The molecule has 1 fully saturated rings. The lowest BCUT2D eigenvalue weighted by Gasteiger charge is -2.40. The number of aliphatic imine (C=N–C) groups is 1. The molecule has 146 valence electrons. The second-order valence-corrected chi connectivity index (χ2v) is 7.38. The van der Waals surface area contributed by atoms with Gasteiger partial charge in [-0.3, -0.25) is 4.79 Å². The van der Waals surface area contributed by atoms with E-state index in [9.17, 15) is 4.79 Å². The van der Waals surface area contributed by atoms with Crippen molar-refractivity contribution in [2.75, 3.05) is 29.9 Å². The molecular weight excluding hydrogens is 356 g/mol. The number of carbonyl (C=O) groups is 1. The molecule has 0 bridgehead atoms. The van der Waals surface area contributed by atoms with E-state index >= 15 is 0 Å². The molecule has 0 unspecified atom stereocenters. The molecule has 0 spiro atoms. The number of allylic oxidation sites excluding steroid dienone is 1. The molecule has 3 heterocycles. The standard InChI is InChI=1S/C20H24N6O2/c1-13-7-8-22-18(24-13)25-15-6-4-5-14(11-15)16-12-23-19(28-16)26-10-9-21-17(27)20(26,2)3/h4-7,11-12H,8-10H2,1-3H3,(H,21,27)(H2,22,24,25). The van der Waals surface area contributed by atoms with Crippen LogP contribution in [0.5, 0.6) is 0 Å². The Labute approximate surface area is 163 Å². The number of aromatic nitrogens is 1. The normalized spacial score (nSPS) is 18.7. The van der Waals surface area contributed by atoms with E-state index in [0.717, 1.165) is 22.9 Å². The summed E-state index contributed by atoms with van der Waals surface area (Å²) >= 11 is 0. The van der Waals surface area contributed by atoms with Gasteiger partial charge in [0.1, 0.15) is 5.54 Å². The summed E-state index contributed by atoms with van der Waals surface area (Å²) in [5.41, 5.74) is 2.16. The summed E-state index contributed by atoms with van der Waals surface area (Å²) in [6.45, 7) is 7.62. The minimum atomic E-state index is -0.708. The monoisotopic (exact) mass is 380 g/mol. The zero-order valence-electron chi connectivity index (χ0n) is 16.2. The van der Waals surface area contributed by atoms with Crippen LogP contribution in [0.2, 0.25) is 0 Å². The van der Waals surface area contributed by atoms with Crippen LogP contribution in [0.1, 0.15) is 20.8 Å². The van der Waals surface area contributed by atoms with Gasteiger partial charge in [-0.15, -0.1) is 0 Å². The highest BCUT2D eigenvalue weighted by atomic mass is 16.4. The number of anilines is 2. The van der Waals surface area contributed by atoms with Crippen molar-refractivity contribution in [2.45, 2.75) is 26.3 Å². The maximum Gasteiger partial charge on any atom is 0.298 e. The topological polar surface area (TPSA) is 94.8 Å². The largest absolute Gasteiger partial charge is 0.423 e. The van der Waals surface area contributed by atoms with Gasteiger partial charge in [-0.25, -0.2) is 9.98 Å². The maximum atomic E-state index is 12.2. The van der Waals surface area contributed by atoms with Gasteiger partial charge in [0.05, 0.1) is 12.7 Å². The summed E-state index contributed by atoms with van der Waals surface area (Å²) < 4.78 is 6.01. The Hall–Kier alpha value is -3.29. The molecular formula is C20H24N6O2. The molecule has 0 radical (unpaired) electrons. The maximum absolute atomic E-state index is 12.2. The van der Waals surface area contributed by atoms with Crippen LogP contribution in [0.3, 0.4) is 0 Å². The molecule has 0 saturated carbocycles. The van der Waals surface area contributed by atoms with Crippen molar-refractivity contribution in [3.8, 4) is 11.3 Å². The van der Waals surface area contributed by atoms with Gasteiger partial charge < -0.3 is 25.3 Å². The molecule has 2 aliphatic rings. The van der Waals surface area contributed by atoms with Crippen molar-refractivity contribution in [2.24, 2.45) is 4.99 Å². The average Bonchev–Trinajstić information content (AvgIpc) is 3.14. The first-order valence-electron chi connectivity index (χ1n) is 9.31. The molecule has 0 atom stereocenters. The Kier molecular flexibility index (Phi) is 4.54. The highest BCUT2D eigenvalue weighted by Gasteiger charge is 2.40. The molecule has 0 aliphatic carbocycles. The molecule has 1 amide bonds. The number of rotatable bonds is 3. The number of benzene rings is 1. The summed E-state index contributed by atoms with van der Waals surface area (Å²) in [6, 6.07) is 8.31. The smallest absolute Gasteiger partial charge is 0.298 e. The van der Waals surface area contributed by atoms with Gasteiger partial charge >= 0.3 is 0 Å². The molecule has 28 heavy (non-hydrogen) atoms. The van der Waals surface area contributed by atoms with Crippen molar-refractivity contribution in [1.29, 1.82) is 0 Å². The summed E-state index contributed by atoms with van der Waals surface area (Å²) in [5, 5.41) is 9.37. The molecule has 8 heteroatoms. The van der Waals surface area contributed by atoms with E-state index in [1.54, 1.807) is 6.20 Å². The van der Waals surface area contributed by atoms with E-state index in [-0.39, 0.29) is 5.91 Å². The van der Waals surface area contributed by atoms with E-state index in [1.807, 2.05) is 56.0 Å². The van der Waals surface area contributed by atoms with Gasteiger partial charge in [0, 0.05) is 30.0 Å². The molecule has 3 N–H and O–H groups in total. The first kappa shape index (κ1) is 18.1. The summed E-state index contributed by atoms with van der Waals surface area (Å²) in [6.07, 6.45) is 3.72. The van der Waals surface area contributed by atoms with Gasteiger partial charge in [0.2, 0.25) is 5.91 Å². The number of carbonyl (C=O) groups excluding carboxylic acids is 1. The van der Waals surface area contributed by atoms with Crippen LogP contribution in [-0.4, -0.2) is 42.0 Å². The van der Waals surface area contributed by atoms with E-state index in [2.05, 4.69) is 25.9 Å². The van der Waals surface area contributed by atoms with Gasteiger partial charge in [0.15, 0.2) is 11.7 Å². The number of hydrogen-bond donors (Lipinski definition) is 3. The number of guanidine groups is 1. The molecule has 2 aromatic rings. The highest BCUT2D eigenvalue weighted by Crippen LogP contribution is 2.30. The fraction of sp³-hybridized carbons (Fsp3) is 0.350. The fourth-order valence-electron chi connectivity index (χ4n) is 3.27. The Morgan fingerprint density at radius 3 is 3.00 bits per heavy atom. The van der Waals surface area contributed by atoms with E-state index in [1.165, 1.54) is 0 Å². The zero-order chi connectivity index (χ0) is 19.7. The van der Waals surface area contributed by atoms with Gasteiger partial charge in [0.25, 0.3) is 6.01 Å². The minimum Gasteiger partial charge on any atom is -0.423 e. The minimum absolute atomic E-state index is 0.0326. The van der Waals surface area contributed by atoms with Crippen LogP contribution in [0.25, 0.3) is 11.3 Å². The average molecular weight is 380 g/mol. The quantitative estimate of drug-likeness (QED) is 0.757. The van der Waals surface area contributed by atoms with Gasteiger partial charge in [-0.2, -0.15) is 0 Å². The lowest BCUT2D eigenvalue weighted by atomic mass is 10.00. The van der Waals surface area contributed by atoms with Crippen LogP contribution in [-0.2, 0) is 4.79 Å². The Morgan fingerprint density at radius 2 is 2.18 bits per heavy atom. The van der Waals surface area contributed by atoms with E-state index in [4.69, 9.17) is 4.42 Å². The Balaban J connectivity index is 1.54. The summed E-state index contributed by atoms with van der Waals surface area (Å²) in [4.78, 5) is 22.9. The molecule has 1 aromatic carbocycles. The van der Waals surface area contributed by atoms with Crippen LogP contribution < -0.4 is 20.9 Å². The Morgan fingerprint density at radius 1 is 1.32 bits per heavy atom. The predicted octanol–water partition coefficient (Wildman–Crippen LogP) is 2.33. The van der Waals surface area contributed by atoms with Crippen molar-refractivity contribution in [3.63, 3.8) is 0 Å². The summed E-state index contributed by atoms with van der Waals surface area (Å²) in [5.74, 6) is 1.33. The van der Waals surface area contributed by atoms with Crippen molar-refractivity contribution >= 4 is 23.6 Å². The first-order valence-corrected chi connectivity index (χ1v) is 9.31. The van der Waals surface area contributed by atoms with E-state index in [0.29, 0.717) is 31.4 Å². The van der Waals surface area contributed by atoms with Crippen LogP contribution in [0.4, 0.5) is 11.7 Å². The third-order valence-electron chi connectivity index (χ3n) is 4.95. The number of amides is 1. The first-order chi connectivity index (χ1) is 13.4. The number of nitrogens with zero attached hydrogens (tertiary/aromatic N) is 3. The molecule has 2 aliphatic heterocycles. The molecule has 8 nitrogen and oxygen atoms in total. The van der Waals surface area contributed by atoms with Crippen molar-refractivity contribution < 1.29 is 9.21 Å². The third-order valence-corrected chi connectivity index (χ3v) is 4.95. The molecule has 1 aromatic heterocycles. The fourth-order valence-corrected chi connectivity index (χ4v) is 3.27. The number of oxazole rings is 1.